The first-order chi connectivity index (χ1) is 34.8. The normalized spacial score (nSPS) is 20.0. The maximum atomic E-state index is 13.0. The van der Waals surface area contributed by atoms with Crippen LogP contribution >= 0.6 is 0 Å². The number of nitrogens with one attached hydrogen (secondary N) is 1. The zero-order valence-corrected chi connectivity index (χ0v) is 45.2. The van der Waals surface area contributed by atoms with Crippen molar-refractivity contribution in [3.8, 4) is 0 Å². The first-order valence-electron chi connectivity index (χ1n) is 28.9. The van der Waals surface area contributed by atoms with Crippen LogP contribution in [0.2, 0.25) is 0 Å². The van der Waals surface area contributed by atoms with E-state index in [0.717, 1.165) is 89.9 Å². The van der Waals surface area contributed by atoms with Crippen LogP contribution in [-0.4, -0.2) is 87.5 Å². The SMILES string of the molecule is CC/C=C\C/C=C\C/C=C\C/C=C\C/C=C\C/C=C\C/C=C\C/C=C\CCCCCCCCCCCCCCC(=O)NC(COC1OC(CO)C(O)C(O)C1O)C(O)CCCCCCCCCCCCC. The Morgan fingerprint density at radius 1 is 0.493 bits per heavy atom. The van der Waals surface area contributed by atoms with Crippen molar-refractivity contribution in [3.05, 3.63) is 97.2 Å². The molecule has 1 heterocycles. The molecule has 1 amide bonds. The van der Waals surface area contributed by atoms with Crippen LogP contribution in [0.5, 0.6) is 0 Å². The first-order valence-corrected chi connectivity index (χ1v) is 28.9. The fourth-order valence-electron chi connectivity index (χ4n) is 8.65. The maximum absolute atomic E-state index is 13.0. The molecule has 7 atom stereocenters. The second-order valence-electron chi connectivity index (χ2n) is 19.7. The highest BCUT2D eigenvalue weighted by atomic mass is 16.7. The Labute approximate surface area is 434 Å². The Morgan fingerprint density at radius 3 is 1.30 bits per heavy atom. The van der Waals surface area contributed by atoms with Gasteiger partial charge in [-0.1, -0.05) is 246 Å². The molecule has 9 nitrogen and oxygen atoms in total. The molecule has 1 fully saturated rings. The molecule has 1 saturated heterocycles. The minimum atomic E-state index is -1.56. The summed E-state index contributed by atoms with van der Waals surface area (Å²) in [5.74, 6) is -0.151. The van der Waals surface area contributed by atoms with E-state index in [1.807, 2.05) is 0 Å². The Morgan fingerprint density at radius 2 is 0.873 bits per heavy atom. The van der Waals surface area contributed by atoms with Crippen molar-refractivity contribution in [2.45, 2.75) is 275 Å². The predicted octanol–water partition coefficient (Wildman–Crippen LogP) is 14.4. The van der Waals surface area contributed by atoms with Gasteiger partial charge >= 0.3 is 0 Å². The molecule has 0 aliphatic carbocycles. The third-order valence-electron chi connectivity index (χ3n) is 13.2. The third-order valence-corrected chi connectivity index (χ3v) is 13.2. The van der Waals surface area contributed by atoms with Gasteiger partial charge < -0.3 is 40.3 Å². The van der Waals surface area contributed by atoms with Gasteiger partial charge in [0, 0.05) is 6.42 Å². The Bertz CT molecular complexity index is 1430. The van der Waals surface area contributed by atoms with Gasteiger partial charge in [0.1, 0.15) is 24.4 Å². The van der Waals surface area contributed by atoms with Gasteiger partial charge in [-0.05, 0) is 77.0 Å². The predicted molar refractivity (Wildman–Crippen MR) is 299 cm³/mol. The number of rotatable bonds is 48. The van der Waals surface area contributed by atoms with Crippen molar-refractivity contribution in [2.75, 3.05) is 13.2 Å². The summed E-state index contributed by atoms with van der Waals surface area (Å²) < 4.78 is 11.3. The molecule has 0 spiro atoms. The molecule has 6 N–H and O–H groups in total. The second kappa shape index (κ2) is 50.6. The van der Waals surface area contributed by atoms with E-state index < -0.39 is 49.5 Å². The number of hydrogen-bond donors (Lipinski definition) is 6. The zero-order chi connectivity index (χ0) is 51.5. The van der Waals surface area contributed by atoms with Crippen LogP contribution in [0.15, 0.2) is 97.2 Å². The van der Waals surface area contributed by atoms with E-state index in [0.29, 0.717) is 12.8 Å². The van der Waals surface area contributed by atoms with Crippen LogP contribution in [0.25, 0.3) is 0 Å². The maximum Gasteiger partial charge on any atom is 0.220 e. The van der Waals surface area contributed by atoms with Crippen molar-refractivity contribution >= 4 is 5.91 Å². The lowest BCUT2D eigenvalue weighted by atomic mass is 9.99. The van der Waals surface area contributed by atoms with E-state index in [2.05, 4.69) is 116 Å². The summed E-state index contributed by atoms with van der Waals surface area (Å²) in [5.41, 5.74) is 0. The van der Waals surface area contributed by atoms with E-state index in [9.17, 15) is 30.3 Å². The number of amides is 1. The minimum Gasteiger partial charge on any atom is -0.394 e. The monoisotopic (exact) mass is 994 g/mol. The quantitative estimate of drug-likeness (QED) is 0.0261. The minimum absolute atomic E-state index is 0.142. The highest BCUT2D eigenvalue weighted by molar-refractivity contribution is 5.76. The molecule has 0 saturated carbocycles. The van der Waals surface area contributed by atoms with Crippen LogP contribution in [0.1, 0.15) is 232 Å². The van der Waals surface area contributed by atoms with Crippen LogP contribution in [0.4, 0.5) is 0 Å². The highest BCUT2D eigenvalue weighted by Gasteiger charge is 2.44. The van der Waals surface area contributed by atoms with Crippen LogP contribution in [-0.2, 0) is 14.3 Å². The smallest absolute Gasteiger partial charge is 0.220 e. The molecule has 0 radical (unpaired) electrons. The van der Waals surface area contributed by atoms with Crippen LogP contribution < -0.4 is 5.32 Å². The van der Waals surface area contributed by atoms with E-state index in [-0.39, 0.29) is 12.5 Å². The van der Waals surface area contributed by atoms with Gasteiger partial charge in [-0.2, -0.15) is 0 Å². The van der Waals surface area contributed by atoms with E-state index >= 15 is 0 Å². The lowest BCUT2D eigenvalue weighted by Crippen LogP contribution is -2.60. The summed E-state index contributed by atoms with van der Waals surface area (Å²) in [7, 11) is 0. The van der Waals surface area contributed by atoms with Crippen molar-refractivity contribution in [3.63, 3.8) is 0 Å². The summed E-state index contributed by atoms with van der Waals surface area (Å²) in [6.07, 6.45) is 65.9. The molecule has 1 aliphatic rings. The van der Waals surface area contributed by atoms with Crippen molar-refractivity contribution in [2.24, 2.45) is 0 Å². The summed E-state index contributed by atoms with van der Waals surface area (Å²) >= 11 is 0. The van der Waals surface area contributed by atoms with Gasteiger partial charge in [-0.15, -0.1) is 0 Å². The summed E-state index contributed by atoms with van der Waals surface area (Å²) in [6, 6.07) is -0.724. The van der Waals surface area contributed by atoms with Gasteiger partial charge in [-0.3, -0.25) is 4.79 Å². The lowest BCUT2D eigenvalue weighted by molar-refractivity contribution is -0.302. The molecule has 408 valence electrons. The molecule has 0 aromatic rings. The molecule has 0 aromatic carbocycles. The van der Waals surface area contributed by atoms with E-state index in [4.69, 9.17) is 9.47 Å². The fraction of sp³-hybridized carbons (Fsp3) is 0.726. The van der Waals surface area contributed by atoms with Crippen molar-refractivity contribution in [1.82, 2.24) is 5.32 Å². The largest absolute Gasteiger partial charge is 0.394 e. The second-order valence-corrected chi connectivity index (χ2v) is 19.7. The fourth-order valence-corrected chi connectivity index (χ4v) is 8.65. The zero-order valence-electron chi connectivity index (χ0n) is 45.2. The number of aliphatic hydroxyl groups is 5. The van der Waals surface area contributed by atoms with Gasteiger partial charge in [0.25, 0.3) is 0 Å². The average molecular weight is 995 g/mol. The Balaban J connectivity index is 2.11. The average Bonchev–Trinajstić information content (AvgIpc) is 3.37. The number of carbonyl (C=O) groups excluding carboxylic acids is 1. The number of carbonyl (C=O) groups is 1. The molecular formula is C62H107NO8. The molecule has 1 aliphatic heterocycles. The highest BCUT2D eigenvalue weighted by Crippen LogP contribution is 2.23. The molecule has 7 unspecified atom stereocenters. The molecule has 71 heavy (non-hydrogen) atoms. The first kappa shape index (κ1) is 66.1. The lowest BCUT2D eigenvalue weighted by Gasteiger charge is -2.40. The topological polar surface area (TPSA) is 149 Å². The van der Waals surface area contributed by atoms with E-state index in [1.54, 1.807) is 0 Å². The number of aliphatic hydroxyl groups excluding tert-OH is 5. The van der Waals surface area contributed by atoms with Gasteiger partial charge in [-0.25, -0.2) is 0 Å². The van der Waals surface area contributed by atoms with Gasteiger partial charge in [0.2, 0.25) is 5.91 Å². The van der Waals surface area contributed by atoms with Crippen molar-refractivity contribution in [1.29, 1.82) is 0 Å². The molecule has 1 rings (SSSR count). The Kier molecular flexibility index (Phi) is 47.2. The molecule has 0 aromatic heterocycles. The number of allylic oxidation sites excluding steroid dienone is 16. The summed E-state index contributed by atoms with van der Waals surface area (Å²) in [4.78, 5) is 13.0. The summed E-state index contributed by atoms with van der Waals surface area (Å²) in [6.45, 7) is 3.70. The number of ether oxygens (including phenoxy) is 2. The molecule has 0 bridgehead atoms. The Hall–Kier alpha value is -2.89. The standard InChI is InChI=1S/C62H107NO8/c1-3-5-7-9-11-13-15-16-17-18-19-20-21-22-23-24-25-26-27-28-29-30-31-32-33-34-35-36-37-38-39-40-42-44-46-48-50-52-58(66)63-55(54-70-62-61(69)60(68)59(67)57(53-64)71-62)56(65)51-49-47-45-43-41-14-12-10-8-6-4-2/h5,7,11,13,16-17,19-20,22-23,25-26,28-29,31-32,55-57,59-62,64-65,67-69H,3-4,6,8-10,12,14-15,18,21,24,27,30,33-54H2,1-2H3,(H,63,66)/b7-5-,13-11-,17-16-,20-19-,23-22-,26-25-,29-28-,32-31-. The van der Waals surface area contributed by atoms with Gasteiger partial charge in [0.15, 0.2) is 6.29 Å². The van der Waals surface area contributed by atoms with Crippen molar-refractivity contribution < 1.29 is 39.8 Å². The third kappa shape index (κ3) is 40.2. The van der Waals surface area contributed by atoms with Crippen LogP contribution in [0.3, 0.4) is 0 Å². The number of hydrogen-bond acceptors (Lipinski definition) is 8. The van der Waals surface area contributed by atoms with E-state index in [1.165, 1.54) is 116 Å². The van der Waals surface area contributed by atoms with Gasteiger partial charge in [0.05, 0.1) is 25.4 Å². The molecule has 9 heteroatoms. The molecular weight excluding hydrogens is 887 g/mol. The van der Waals surface area contributed by atoms with Crippen LogP contribution in [0, 0.1) is 0 Å². The summed E-state index contributed by atoms with van der Waals surface area (Å²) in [5, 5.41) is 54.5. The number of unbranched alkanes of at least 4 members (excludes halogenated alkanes) is 22.